The van der Waals surface area contributed by atoms with Gasteiger partial charge in [-0.1, -0.05) is 6.07 Å². The monoisotopic (exact) mass is 302 g/mol. The summed E-state index contributed by atoms with van der Waals surface area (Å²) >= 11 is 1.63. The van der Waals surface area contributed by atoms with E-state index in [2.05, 4.69) is 9.80 Å². The van der Waals surface area contributed by atoms with Gasteiger partial charge in [-0.2, -0.15) is 0 Å². The number of thiophene rings is 1. The van der Waals surface area contributed by atoms with Crippen molar-refractivity contribution in [3.05, 3.63) is 35.4 Å². The molecule has 3 aliphatic rings. The third-order valence-corrected chi connectivity index (χ3v) is 5.41. The van der Waals surface area contributed by atoms with Crippen LogP contribution in [0.15, 0.2) is 34.3 Å². The molecular formula is C16H18N2O2S. The Bertz CT molecular complexity index is 627. The third kappa shape index (κ3) is 2.40. The van der Waals surface area contributed by atoms with E-state index in [0.717, 1.165) is 49.7 Å². The lowest BCUT2D eigenvalue weighted by molar-refractivity contribution is 0.0684. The first-order valence-corrected chi connectivity index (χ1v) is 8.35. The highest BCUT2D eigenvalue weighted by atomic mass is 32.1. The van der Waals surface area contributed by atoms with Crippen LogP contribution < -0.4 is 0 Å². The molecule has 0 spiro atoms. The summed E-state index contributed by atoms with van der Waals surface area (Å²) in [6, 6.07) is 6.28. The molecule has 3 saturated heterocycles. The summed E-state index contributed by atoms with van der Waals surface area (Å²) in [6.45, 7) is 4.08. The fraction of sp³-hybridized carbons (Fsp3) is 0.438. The van der Waals surface area contributed by atoms with Crippen molar-refractivity contribution in [3.63, 3.8) is 0 Å². The number of carbonyl (C=O) groups excluding carboxylic acids is 1. The fourth-order valence-electron chi connectivity index (χ4n) is 3.32. The zero-order valence-electron chi connectivity index (χ0n) is 11.8. The second-order valence-corrected chi connectivity index (χ2v) is 6.70. The molecular weight excluding hydrogens is 284 g/mol. The van der Waals surface area contributed by atoms with E-state index in [9.17, 15) is 4.79 Å². The smallest absolute Gasteiger partial charge is 0.257 e. The largest absolute Gasteiger partial charge is 0.463 e. The maximum absolute atomic E-state index is 12.8. The summed E-state index contributed by atoms with van der Waals surface area (Å²) in [5, 5.41) is 2.02. The van der Waals surface area contributed by atoms with E-state index in [1.807, 2.05) is 23.6 Å². The molecule has 4 nitrogen and oxygen atoms in total. The topological polar surface area (TPSA) is 36.7 Å². The van der Waals surface area contributed by atoms with Gasteiger partial charge in [0.1, 0.15) is 12.0 Å². The minimum absolute atomic E-state index is 0.121. The Morgan fingerprint density at radius 1 is 1.24 bits per heavy atom. The number of furan rings is 1. The lowest BCUT2D eigenvalue weighted by Crippen LogP contribution is -2.41. The minimum Gasteiger partial charge on any atom is -0.463 e. The average Bonchev–Trinajstić information content (AvgIpc) is 3.12. The molecule has 5 heterocycles. The molecule has 110 valence electrons. The molecule has 3 aliphatic heterocycles. The van der Waals surface area contributed by atoms with Crippen LogP contribution in [0.4, 0.5) is 0 Å². The van der Waals surface area contributed by atoms with Gasteiger partial charge in [0.2, 0.25) is 0 Å². The molecule has 3 fully saturated rings. The molecule has 2 aromatic rings. The van der Waals surface area contributed by atoms with Gasteiger partial charge in [-0.25, -0.2) is 0 Å². The standard InChI is InChI=1S/C16H18N2O2S/c19-16(18-8-7-17-5-3-13(18)4-6-17)12-10-14(20-11-12)15-2-1-9-21-15/h1-2,9-11,13H,3-8H2. The van der Waals surface area contributed by atoms with Crippen LogP contribution in [-0.4, -0.2) is 47.9 Å². The highest BCUT2D eigenvalue weighted by Gasteiger charge is 2.32. The van der Waals surface area contributed by atoms with E-state index in [4.69, 9.17) is 4.42 Å². The van der Waals surface area contributed by atoms with E-state index in [0.29, 0.717) is 11.6 Å². The van der Waals surface area contributed by atoms with Gasteiger partial charge < -0.3 is 14.2 Å². The van der Waals surface area contributed by atoms with E-state index in [1.54, 1.807) is 17.6 Å². The molecule has 2 aromatic heterocycles. The first-order valence-electron chi connectivity index (χ1n) is 7.47. The molecule has 0 unspecified atom stereocenters. The van der Waals surface area contributed by atoms with E-state index >= 15 is 0 Å². The van der Waals surface area contributed by atoms with Crippen LogP contribution in [0.25, 0.3) is 10.6 Å². The van der Waals surface area contributed by atoms with Crippen LogP contribution in [-0.2, 0) is 0 Å². The van der Waals surface area contributed by atoms with Gasteiger partial charge in [0.25, 0.3) is 5.91 Å². The molecule has 2 bridgehead atoms. The van der Waals surface area contributed by atoms with Crippen molar-refractivity contribution >= 4 is 17.2 Å². The summed E-state index contributed by atoms with van der Waals surface area (Å²) in [7, 11) is 0. The average molecular weight is 302 g/mol. The molecule has 0 atom stereocenters. The molecule has 21 heavy (non-hydrogen) atoms. The highest BCUT2D eigenvalue weighted by molar-refractivity contribution is 7.13. The molecule has 0 aliphatic carbocycles. The Hall–Kier alpha value is -1.59. The predicted molar refractivity (Wildman–Crippen MR) is 82.5 cm³/mol. The summed E-state index contributed by atoms with van der Waals surface area (Å²) < 4.78 is 5.58. The number of hydrogen-bond donors (Lipinski definition) is 0. The third-order valence-electron chi connectivity index (χ3n) is 4.53. The SMILES string of the molecule is O=C(c1coc(-c2cccs2)c1)N1CCN2CCC1CC2. The Morgan fingerprint density at radius 3 is 2.86 bits per heavy atom. The van der Waals surface area contributed by atoms with Gasteiger partial charge in [0.15, 0.2) is 0 Å². The summed E-state index contributed by atoms with van der Waals surface area (Å²) in [6.07, 6.45) is 3.80. The molecule has 5 rings (SSSR count). The summed E-state index contributed by atoms with van der Waals surface area (Å²) in [5.74, 6) is 0.909. The first kappa shape index (κ1) is 13.1. The Balaban J connectivity index is 1.57. The van der Waals surface area contributed by atoms with Crippen LogP contribution in [0.3, 0.4) is 0 Å². The number of rotatable bonds is 2. The summed E-state index contributed by atoms with van der Waals surface area (Å²) in [5.41, 5.74) is 0.679. The van der Waals surface area contributed by atoms with Gasteiger partial charge in [-0.05, 0) is 30.4 Å². The summed E-state index contributed by atoms with van der Waals surface area (Å²) in [4.78, 5) is 18.3. The quantitative estimate of drug-likeness (QED) is 0.856. The lowest BCUT2D eigenvalue weighted by Gasteiger charge is -2.31. The van der Waals surface area contributed by atoms with Crippen molar-refractivity contribution in [1.29, 1.82) is 0 Å². The van der Waals surface area contributed by atoms with E-state index in [-0.39, 0.29) is 5.91 Å². The number of nitrogens with zero attached hydrogens (tertiary/aromatic N) is 2. The zero-order chi connectivity index (χ0) is 14.2. The van der Waals surface area contributed by atoms with Crippen molar-refractivity contribution in [3.8, 4) is 10.6 Å². The Morgan fingerprint density at radius 2 is 2.10 bits per heavy atom. The van der Waals surface area contributed by atoms with Gasteiger partial charge in [0.05, 0.1) is 10.4 Å². The fourth-order valence-corrected chi connectivity index (χ4v) is 4.00. The predicted octanol–water partition coefficient (Wildman–Crippen LogP) is 2.93. The maximum atomic E-state index is 12.8. The Kier molecular flexibility index (Phi) is 3.31. The van der Waals surface area contributed by atoms with Crippen molar-refractivity contribution in [1.82, 2.24) is 9.80 Å². The van der Waals surface area contributed by atoms with Crippen molar-refractivity contribution in [2.45, 2.75) is 18.9 Å². The number of carbonyl (C=O) groups is 1. The second-order valence-electron chi connectivity index (χ2n) is 5.75. The molecule has 0 radical (unpaired) electrons. The van der Waals surface area contributed by atoms with Crippen LogP contribution in [0.5, 0.6) is 0 Å². The minimum atomic E-state index is 0.121. The Labute approximate surface area is 128 Å². The van der Waals surface area contributed by atoms with E-state index < -0.39 is 0 Å². The van der Waals surface area contributed by atoms with Gasteiger partial charge in [-0.3, -0.25) is 4.79 Å². The number of hydrogen-bond acceptors (Lipinski definition) is 4. The maximum Gasteiger partial charge on any atom is 0.257 e. The second kappa shape index (κ2) is 5.31. The van der Waals surface area contributed by atoms with Gasteiger partial charge in [0, 0.05) is 32.2 Å². The van der Waals surface area contributed by atoms with Crippen molar-refractivity contribution in [2.75, 3.05) is 26.2 Å². The molecule has 0 N–H and O–H groups in total. The normalized spacial score (nSPS) is 25.0. The van der Waals surface area contributed by atoms with Gasteiger partial charge in [-0.15, -0.1) is 11.3 Å². The zero-order valence-corrected chi connectivity index (χ0v) is 12.6. The molecule has 0 saturated carbocycles. The van der Waals surface area contributed by atoms with Crippen LogP contribution in [0, 0.1) is 0 Å². The first-order chi connectivity index (χ1) is 10.3. The lowest BCUT2D eigenvalue weighted by atomic mass is 10.0. The van der Waals surface area contributed by atoms with Crippen LogP contribution in [0.1, 0.15) is 23.2 Å². The number of fused-ring (bicyclic) bond motifs is 4. The van der Waals surface area contributed by atoms with Crippen molar-refractivity contribution in [2.24, 2.45) is 0 Å². The van der Waals surface area contributed by atoms with Crippen LogP contribution >= 0.6 is 11.3 Å². The molecule has 5 heteroatoms. The van der Waals surface area contributed by atoms with E-state index in [1.165, 1.54) is 0 Å². The molecule has 0 aromatic carbocycles. The van der Waals surface area contributed by atoms with Crippen LogP contribution in [0.2, 0.25) is 0 Å². The number of amides is 1. The van der Waals surface area contributed by atoms with Gasteiger partial charge >= 0.3 is 0 Å². The highest BCUT2D eigenvalue weighted by Crippen LogP contribution is 2.28. The molecule has 1 amide bonds. The van der Waals surface area contributed by atoms with Crippen molar-refractivity contribution < 1.29 is 9.21 Å². The number of piperidine rings is 1.